The number of rotatable bonds is 5. The number of aromatic nitrogens is 1. The summed E-state index contributed by atoms with van der Waals surface area (Å²) in [5.74, 6) is 0. The van der Waals surface area contributed by atoms with Gasteiger partial charge in [-0.05, 0) is 89.9 Å². The highest BCUT2D eigenvalue weighted by atomic mass is 127. The summed E-state index contributed by atoms with van der Waals surface area (Å²) in [6.07, 6.45) is 3.20. The van der Waals surface area contributed by atoms with E-state index < -0.39 is 0 Å². The smallest absolute Gasteiger partial charge is 0.0497 e. The van der Waals surface area contributed by atoms with Crippen LogP contribution in [0.3, 0.4) is 0 Å². The third kappa shape index (κ3) is 3.31. The molecule has 0 unspecified atom stereocenters. The molecule has 3 aromatic rings. The molecule has 22 heavy (non-hydrogen) atoms. The van der Waals surface area contributed by atoms with E-state index in [-0.39, 0.29) is 0 Å². The first-order valence-corrected chi connectivity index (χ1v) is 8.91. The van der Waals surface area contributed by atoms with Gasteiger partial charge in [-0.2, -0.15) is 0 Å². The molecule has 0 aliphatic carbocycles. The van der Waals surface area contributed by atoms with Crippen LogP contribution in [0, 0.1) is 3.57 Å². The Balaban J connectivity index is 2.10. The van der Waals surface area contributed by atoms with Gasteiger partial charge in [0.15, 0.2) is 0 Å². The Bertz CT molecular complexity index is 778. The quantitative estimate of drug-likeness (QED) is 0.419. The van der Waals surface area contributed by atoms with Gasteiger partial charge in [-0.25, -0.2) is 0 Å². The number of aromatic amines is 1. The maximum Gasteiger partial charge on any atom is 0.0497 e. The summed E-state index contributed by atoms with van der Waals surface area (Å²) in [5, 5.41) is 2.08. The van der Waals surface area contributed by atoms with Gasteiger partial charge in [-0.1, -0.05) is 23.7 Å². The van der Waals surface area contributed by atoms with Crippen LogP contribution in [-0.4, -0.2) is 11.5 Å². The Hall–Kier alpha value is -1.04. The molecule has 0 bridgehead atoms. The highest BCUT2D eigenvalue weighted by molar-refractivity contribution is 14.1. The summed E-state index contributed by atoms with van der Waals surface area (Å²) in [6.45, 7) is 0.746. The summed E-state index contributed by atoms with van der Waals surface area (Å²) < 4.78 is 1.26. The van der Waals surface area contributed by atoms with Crippen molar-refractivity contribution >= 4 is 45.1 Å². The summed E-state index contributed by atoms with van der Waals surface area (Å²) in [4.78, 5) is 3.58. The molecular formula is C18H18ClIN2. The molecule has 0 amide bonds. The van der Waals surface area contributed by atoms with Crippen LogP contribution >= 0.6 is 34.2 Å². The van der Waals surface area contributed by atoms with Crippen molar-refractivity contribution in [3.63, 3.8) is 0 Å². The van der Waals surface area contributed by atoms with Crippen molar-refractivity contribution in [2.45, 2.75) is 19.3 Å². The Morgan fingerprint density at radius 2 is 1.82 bits per heavy atom. The number of hydrogen-bond acceptors (Lipinski definition) is 1. The van der Waals surface area contributed by atoms with Gasteiger partial charge in [0, 0.05) is 25.2 Å². The summed E-state index contributed by atoms with van der Waals surface area (Å²) >= 11 is 8.38. The molecule has 3 N–H and O–H groups in total. The predicted molar refractivity (Wildman–Crippen MR) is 103 cm³/mol. The number of hydrogen-bond donors (Lipinski definition) is 2. The van der Waals surface area contributed by atoms with Gasteiger partial charge in [0.1, 0.15) is 0 Å². The Labute approximate surface area is 149 Å². The van der Waals surface area contributed by atoms with E-state index in [9.17, 15) is 0 Å². The Morgan fingerprint density at radius 3 is 2.55 bits per heavy atom. The Kier molecular flexibility index (Phi) is 5.06. The van der Waals surface area contributed by atoms with Crippen molar-refractivity contribution in [3.8, 4) is 11.3 Å². The fourth-order valence-electron chi connectivity index (χ4n) is 2.79. The highest BCUT2D eigenvalue weighted by Gasteiger charge is 2.13. The molecule has 0 saturated heterocycles. The van der Waals surface area contributed by atoms with E-state index in [2.05, 4.69) is 57.9 Å². The molecule has 2 aromatic carbocycles. The van der Waals surface area contributed by atoms with Crippen molar-refractivity contribution in [2.24, 2.45) is 5.73 Å². The van der Waals surface area contributed by atoms with Crippen LogP contribution in [0.15, 0.2) is 42.5 Å². The fraction of sp³-hybridized carbons (Fsp3) is 0.222. The molecule has 0 aliphatic rings. The van der Waals surface area contributed by atoms with E-state index in [1.54, 1.807) is 0 Å². The van der Waals surface area contributed by atoms with Crippen molar-refractivity contribution in [2.75, 3.05) is 6.54 Å². The summed E-state index contributed by atoms with van der Waals surface area (Å²) in [5.41, 5.74) is 10.6. The van der Waals surface area contributed by atoms with Crippen molar-refractivity contribution in [3.05, 3.63) is 56.6 Å². The summed E-state index contributed by atoms with van der Waals surface area (Å²) in [7, 11) is 0. The molecule has 1 aromatic heterocycles. The van der Waals surface area contributed by atoms with E-state index in [0.717, 1.165) is 30.8 Å². The lowest BCUT2D eigenvalue weighted by atomic mass is 10.0. The van der Waals surface area contributed by atoms with Crippen LogP contribution < -0.4 is 5.73 Å². The van der Waals surface area contributed by atoms with Gasteiger partial charge in [-0.3, -0.25) is 0 Å². The molecule has 4 heteroatoms. The SMILES string of the molecule is NCCCCc1c(-c2ccc(Cl)cc2)[nH]c2ccc(I)cc12. The number of aryl methyl sites for hydroxylation is 1. The second-order valence-corrected chi connectivity index (χ2v) is 7.10. The molecule has 0 saturated carbocycles. The zero-order valence-electron chi connectivity index (χ0n) is 12.2. The van der Waals surface area contributed by atoms with Crippen LogP contribution in [0.25, 0.3) is 22.2 Å². The summed E-state index contributed by atoms with van der Waals surface area (Å²) in [6, 6.07) is 14.6. The zero-order chi connectivity index (χ0) is 15.5. The minimum Gasteiger partial charge on any atom is -0.354 e. The van der Waals surface area contributed by atoms with Gasteiger partial charge in [-0.15, -0.1) is 0 Å². The molecule has 0 fully saturated rings. The van der Waals surface area contributed by atoms with Crippen molar-refractivity contribution < 1.29 is 0 Å². The molecule has 0 radical (unpaired) electrons. The zero-order valence-corrected chi connectivity index (χ0v) is 15.1. The average Bonchev–Trinajstić information content (AvgIpc) is 2.86. The highest BCUT2D eigenvalue weighted by Crippen LogP contribution is 2.33. The minimum absolute atomic E-state index is 0.746. The first-order chi connectivity index (χ1) is 10.7. The van der Waals surface area contributed by atoms with Crippen LogP contribution in [0.4, 0.5) is 0 Å². The Morgan fingerprint density at radius 1 is 1.05 bits per heavy atom. The van der Waals surface area contributed by atoms with Gasteiger partial charge < -0.3 is 10.7 Å². The first-order valence-electron chi connectivity index (χ1n) is 7.45. The molecule has 114 valence electrons. The fourth-order valence-corrected chi connectivity index (χ4v) is 3.41. The van der Waals surface area contributed by atoms with Gasteiger partial charge in [0.2, 0.25) is 0 Å². The van der Waals surface area contributed by atoms with Crippen LogP contribution in [0.1, 0.15) is 18.4 Å². The lowest BCUT2D eigenvalue weighted by Gasteiger charge is -2.05. The number of halogens is 2. The normalized spacial score (nSPS) is 11.2. The standard InChI is InChI=1S/C18H18ClIN2/c19-13-6-4-12(5-7-13)18-15(3-1-2-10-21)16-11-14(20)8-9-17(16)22-18/h4-9,11,22H,1-3,10,21H2. The lowest BCUT2D eigenvalue weighted by molar-refractivity contribution is 0.748. The third-order valence-electron chi connectivity index (χ3n) is 3.88. The maximum atomic E-state index is 6.02. The molecule has 0 atom stereocenters. The number of benzene rings is 2. The van der Waals surface area contributed by atoms with E-state index in [0.29, 0.717) is 0 Å². The van der Waals surface area contributed by atoms with Gasteiger partial charge in [0.05, 0.1) is 0 Å². The van der Waals surface area contributed by atoms with Gasteiger partial charge >= 0.3 is 0 Å². The lowest BCUT2D eigenvalue weighted by Crippen LogP contribution is -1.99. The topological polar surface area (TPSA) is 41.8 Å². The number of fused-ring (bicyclic) bond motifs is 1. The van der Waals surface area contributed by atoms with Crippen LogP contribution in [-0.2, 0) is 6.42 Å². The predicted octanol–water partition coefficient (Wildman–Crippen LogP) is 5.37. The largest absolute Gasteiger partial charge is 0.354 e. The maximum absolute atomic E-state index is 6.02. The average molecular weight is 425 g/mol. The van der Waals surface area contributed by atoms with Crippen molar-refractivity contribution in [1.29, 1.82) is 0 Å². The second kappa shape index (κ2) is 7.02. The number of nitrogens with one attached hydrogen (secondary N) is 1. The number of unbranched alkanes of at least 4 members (excludes halogenated alkanes) is 1. The van der Waals surface area contributed by atoms with Crippen LogP contribution in [0.5, 0.6) is 0 Å². The second-order valence-electron chi connectivity index (χ2n) is 5.42. The molecule has 0 spiro atoms. The van der Waals surface area contributed by atoms with E-state index in [1.807, 2.05) is 12.1 Å². The minimum atomic E-state index is 0.746. The number of H-pyrrole nitrogens is 1. The molecular weight excluding hydrogens is 407 g/mol. The monoisotopic (exact) mass is 424 g/mol. The van der Waals surface area contributed by atoms with Gasteiger partial charge in [0.25, 0.3) is 0 Å². The van der Waals surface area contributed by atoms with Crippen LogP contribution in [0.2, 0.25) is 5.02 Å². The number of nitrogens with two attached hydrogens (primary N) is 1. The molecule has 2 nitrogen and oxygen atoms in total. The molecule has 0 aliphatic heterocycles. The van der Waals surface area contributed by atoms with E-state index in [4.69, 9.17) is 17.3 Å². The molecule has 1 heterocycles. The van der Waals surface area contributed by atoms with E-state index >= 15 is 0 Å². The third-order valence-corrected chi connectivity index (χ3v) is 4.80. The van der Waals surface area contributed by atoms with Crippen molar-refractivity contribution in [1.82, 2.24) is 4.98 Å². The molecule has 3 rings (SSSR count). The van der Waals surface area contributed by atoms with E-state index in [1.165, 1.54) is 31.3 Å². The first kappa shape index (κ1) is 15.8.